The van der Waals surface area contributed by atoms with E-state index in [1.165, 1.54) is 63.4 Å². The van der Waals surface area contributed by atoms with Crippen LogP contribution in [0, 0.1) is 5.92 Å². The van der Waals surface area contributed by atoms with Gasteiger partial charge in [0.15, 0.2) is 0 Å². The van der Waals surface area contributed by atoms with E-state index in [1.807, 2.05) is 18.2 Å². The molecule has 3 aliphatic carbocycles. The van der Waals surface area contributed by atoms with Crippen LogP contribution in [0.2, 0.25) is 0 Å². The van der Waals surface area contributed by atoms with Gasteiger partial charge in [-0.3, -0.25) is 4.79 Å². The van der Waals surface area contributed by atoms with Crippen molar-refractivity contribution in [2.24, 2.45) is 5.92 Å². The van der Waals surface area contributed by atoms with E-state index in [2.05, 4.69) is 23.5 Å². The predicted octanol–water partition coefficient (Wildman–Crippen LogP) is 5.38. The van der Waals surface area contributed by atoms with Gasteiger partial charge in [-0.25, -0.2) is 0 Å². The highest BCUT2D eigenvalue weighted by atomic mass is 16.1. The first kappa shape index (κ1) is 17.3. The zero-order chi connectivity index (χ0) is 16.6. The van der Waals surface area contributed by atoms with Crippen LogP contribution >= 0.6 is 0 Å². The summed E-state index contributed by atoms with van der Waals surface area (Å²) in [5, 5.41) is 3.26. The van der Waals surface area contributed by atoms with Crippen LogP contribution in [0.15, 0.2) is 47.6 Å². The number of carbonyl (C=O) groups is 1. The van der Waals surface area contributed by atoms with Crippen LogP contribution in [-0.2, 0) is 4.79 Å². The molecule has 3 rings (SSSR count). The van der Waals surface area contributed by atoms with E-state index in [-0.39, 0.29) is 5.91 Å². The molecule has 1 amide bonds. The Bertz CT molecular complexity index is 538. The number of allylic oxidation sites excluding steroid dienone is 6. The van der Waals surface area contributed by atoms with Gasteiger partial charge < -0.3 is 5.32 Å². The fourth-order valence-electron chi connectivity index (χ4n) is 4.17. The molecule has 2 saturated carbocycles. The summed E-state index contributed by atoms with van der Waals surface area (Å²) in [4.78, 5) is 12.6. The summed E-state index contributed by atoms with van der Waals surface area (Å²) in [6, 6.07) is 0.358. The average molecular weight is 325 g/mol. The fraction of sp³-hybridized carbons (Fsp3) is 0.591. The van der Waals surface area contributed by atoms with Gasteiger partial charge in [0.25, 0.3) is 5.91 Å². The number of carbonyl (C=O) groups excluding carboxylic acids is 1. The van der Waals surface area contributed by atoms with E-state index < -0.39 is 0 Å². The molecule has 0 radical (unpaired) electrons. The van der Waals surface area contributed by atoms with Crippen LogP contribution in [0.25, 0.3) is 0 Å². The predicted molar refractivity (Wildman–Crippen MR) is 101 cm³/mol. The molecule has 0 saturated heterocycles. The van der Waals surface area contributed by atoms with E-state index in [0.29, 0.717) is 12.0 Å². The van der Waals surface area contributed by atoms with Crippen molar-refractivity contribution in [3.63, 3.8) is 0 Å². The maximum atomic E-state index is 12.6. The third-order valence-electron chi connectivity index (χ3n) is 5.66. The molecular formula is C22H31NO. The molecule has 3 aliphatic rings. The Balaban J connectivity index is 1.65. The summed E-state index contributed by atoms with van der Waals surface area (Å²) >= 11 is 0. The van der Waals surface area contributed by atoms with Crippen LogP contribution in [0.5, 0.6) is 0 Å². The van der Waals surface area contributed by atoms with Crippen molar-refractivity contribution < 1.29 is 4.79 Å². The molecule has 0 bridgehead atoms. The second-order valence-corrected chi connectivity index (χ2v) is 7.50. The lowest BCUT2D eigenvalue weighted by Crippen LogP contribution is -2.35. The van der Waals surface area contributed by atoms with Gasteiger partial charge in [0, 0.05) is 11.6 Å². The van der Waals surface area contributed by atoms with Crippen LogP contribution in [0.4, 0.5) is 0 Å². The highest BCUT2D eigenvalue weighted by molar-refractivity contribution is 5.96. The topological polar surface area (TPSA) is 29.1 Å². The Morgan fingerprint density at radius 2 is 1.42 bits per heavy atom. The first-order valence-corrected chi connectivity index (χ1v) is 9.90. The van der Waals surface area contributed by atoms with Gasteiger partial charge in [-0.1, -0.05) is 69.2 Å². The summed E-state index contributed by atoms with van der Waals surface area (Å²) in [5.41, 5.74) is 2.18. The van der Waals surface area contributed by atoms with E-state index in [1.54, 1.807) is 0 Å². The van der Waals surface area contributed by atoms with Crippen LogP contribution in [0.3, 0.4) is 0 Å². The Kier molecular flexibility index (Phi) is 6.51. The van der Waals surface area contributed by atoms with Crippen molar-refractivity contribution in [3.8, 4) is 0 Å². The molecule has 0 heterocycles. The van der Waals surface area contributed by atoms with Crippen molar-refractivity contribution >= 4 is 5.91 Å². The maximum Gasteiger partial charge on any atom is 0.251 e. The molecule has 0 aliphatic heterocycles. The standard InChI is InChI=1S/C22H31NO/c24-22(23-21-14-6-1-2-7-15-21)20-13-9-8-12-19(16-17-20)18-10-4-3-5-11-18/h8-9,12-13,16-18,21H,1-7,10-11,14-15H2,(H,23,24)/b9-8?,12-8-,13-9?,17-16?,19-12?,19-16+,20-13?,20-17?. The number of rotatable bonds is 3. The second-order valence-electron chi connectivity index (χ2n) is 7.50. The Labute approximate surface area is 146 Å². The minimum atomic E-state index is 0.0905. The Morgan fingerprint density at radius 3 is 2.17 bits per heavy atom. The number of hydrogen-bond acceptors (Lipinski definition) is 1. The highest BCUT2D eigenvalue weighted by Crippen LogP contribution is 2.31. The van der Waals surface area contributed by atoms with E-state index in [9.17, 15) is 4.79 Å². The summed E-state index contributed by atoms with van der Waals surface area (Å²) in [5.74, 6) is 0.761. The Hall–Kier alpha value is -1.57. The van der Waals surface area contributed by atoms with Gasteiger partial charge >= 0.3 is 0 Å². The average Bonchev–Trinajstić information content (AvgIpc) is 2.84. The normalized spacial score (nSPS) is 27.2. The molecule has 0 aromatic carbocycles. The third-order valence-corrected chi connectivity index (χ3v) is 5.66. The van der Waals surface area contributed by atoms with E-state index >= 15 is 0 Å². The highest BCUT2D eigenvalue weighted by Gasteiger charge is 2.18. The molecule has 0 spiro atoms. The SMILES string of the molecule is O=C(NC1CCCCCC1)C1=C/C=C(C2CCCCC2)\C=C/C=C1. The zero-order valence-corrected chi connectivity index (χ0v) is 14.8. The lowest BCUT2D eigenvalue weighted by molar-refractivity contribution is -0.117. The van der Waals surface area contributed by atoms with Crippen LogP contribution in [-0.4, -0.2) is 11.9 Å². The summed E-state index contributed by atoms with van der Waals surface area (Å²) in [6.45, 7) is 0. The molecule has 130 valence electrons. The molecule has 0 aromatic heterocycles. The molecule has 1 N–H and O–H groups in total. The lowest BCUT2D eigenvalue weighted by atomic mass is 9.83. The molecule has 0 aromatic rings. The number of hydrogen-bond donors (Lipinski definition) is 1. The smallest absolute Gasteiger partial charge is 0.251 e. The van der Waals surface area contributed by atoms with Crippen molar-refractivity contribution in [2.75, 3.05) is 0 Å². The minimum Gasteiger partial charge on any atom is -0.349 e. The summed E-state index contributed by atoms with van der Waals surface area (Å²) < 4.78 is 0. The Morgan fingerprint density at radius 1 is 0.792 bits per heavy atom. The lowest BCUT2D eigenvalue weighted by Gasteiger charge is -2.23. The quantitative estimate of drug-likeness (QED) is 0.693. The first-order valence-electron chi connectivity index (χ1n) is 9.90. The molecular weight excluding hydrogens is 294 g/mol. The van der Waals surface area contributed by atoms with Gasteiger partial charge in [-0.05, 0) is 49.3 Å². The summed E-state index contributed by atoms with van der Waals surface area (Å²) in [7, 11) is 0. The number of amides is 1. The van der Waals surface area contributed by atoms with Crippen molar-refractivity contribution in [3.05, 3.63) is 47.6 Å². The zero-order valence-electron chi connectivity index (χ0n) is 14.8. The molecule has 0 atom stereocenters. The molecule has 2 nitrogen and oxygen atoms in total. The molecule has 24 heavy (non-hydrogen) atoms. The third kappa shape index (κ3) is 4.96. The fourth-order valence-corrected chi connectivity index (χ4v) is 4.17. The molecule has 2 fully saturated rings. The second kappa shape index (κ2) is 9.05. The van der Waals surface area contributed by atoms with Crippen molar-refractivity contribution in [1.29, 1.82) is 0 Å². The minimum absolute atomic E-state index is 0.0905. The van der Waals surface area contributed by atoms with Crippen molar-refractivity contribution in [2.45, 2.75) is 76.7 Å². The first-order chi connectivity index (χ1) is 11.8. The van der Waals surface area contributed by atoms with Gasteiger partial charge in [-0.2, -0.15) is 0 Å². The number of nitrogens with one attached hydrogen (secondary N) is 1. The van der Waals surface area contributed by atoms with Crippen molar-refractivity contribution in [1.82, 2.24) is 5.32 Å². The van der Waals surface area contributed by atoms with E-state index in [4.69, 9.17) is 0 Å². The molecule has 0 unspecified atom stereocenters. The molecule has 2 heteroatoms. The van der Waals surface area contributed by atoms with Crippen LogP contribution in [0.1, 0.15) is 70.6 Å². The van der Waals surface area contributed by atoms with Gasteiger partial charge in [-0.15, -0.1) is 0 Å². The van der Waals surface area contributed by atoms with Crippen LogP contribution < -0.4 is 5.32 Å². The maximum absolute atomic E-state index is 12.6. The van der Waals surface area contributed by atoms with E-state index in [0.717, 1.165) is 18.4 Å². The largest absolute Gasteiger partial charge is 0.349 e. The monoisotopic (exact) mass is 325 g/mol. The van der Waals surface area contributed by atoms with Gasteiger partial charge in [0.05, 0.1) is 0 Å². The summed E-state index contributed by atoms with van der Waals surface area (Å²) in [6.07, 6.45) is 26.5. The van der Waals surface area contributed by atoms with Gasteiger partial charge in [0.1, 0.15) is 0 Å². The van der Waals surface area contributed by atoms with Gasteiger partial charge in [0.2, 0.25) is 0 Å².